The van der Waals surface area contributed by atoms with Crippen LogP contribution in [0.25, 0.3) is 23.1 Å². The van der Waals surface area contributed by atoms with Crippen LogP contribution < -0.4 is 0 Å². The van der Waals surface area contributed by atoms with Crippen molar-refractivity contribution in [1.29, 1.82) is 0 Å². The highest BCUT2D eigenvalue weighted by Gasteiger charge is 2.17. The highest BCUT2D eigenvalue weighted by atomic mass is 32.2. The predicted molar refractivity (Wildman–Crippen MR) is 123 cm³/mol. The lowest BCUT2D eigenvalue weighted by atomic mass is 10.2. The van der Waals surface area contributed by atoms with E-state index in [-0.39, 0.29) is 0 Å². The average molecular weight is 444 g/mol. The molecule has 2 heterocycles. The Labute approximate surface area is 186 Å². The van der Waals surface area contributed by atoms with Crippen LogP contribution in [0.1, 0.15) is 21.7 Å². The zero-order chi connectivity index (χ0) is 22.5. The molecule has 0 bridgehead atoms. The van der Waals surface area contributed by atoms with E-state index < -0.39 is 5.91 Å². The minimum Gasteiger partial charge on any atom is -0.267 e. The molecular weight excluding hydrogens is 428 g/mol. The normalized spacial score (nSPS) is 11.0. The molecule has 0 aliphatic heterocycles. The number of pyridine rings is 1. The van der Waals surface area contributed by atoms with Crippen molar-refractivity contribution in [2.24, 2.45) is 10.6 Å². The SMILES string of the molecule is CN(N=O)C(=O)c1ccccc1Sc1ccc2c(/C=C/c3ccccn3)nn(N=O)c2c1. The van der Waals surface area contributed by atoms with Gasteiger partial charge in [-0.1, -0.05) is 30.0 Å². The van der Waals surface area contributed by atoms with Gasteiger partial charge in [0.05, 0.1) is 33.0 Å². The van der Waals surface area contributed by atoms with Crippen molar-refractivity contribution >= 4 is 40.7 Å². The van der Waals surface area contributed by atoms with Crippen LogP contribution in [0, 0.1) is 9.81 Å². The number of nitroso groups, excluding NO2 is 2. The zero-order valence-corrected chi connectivity index (χ0v) is 17.6. The molecule has 0 aliphatic carbocycles. The van der Waals surface area contributed by atoms with Crippen LogP contribution in [0.3, 0.4) is 0 Å². The quantitative estimate of drug-likeness (QED) is 0.292. The van der Waals surface area contributed by atoms with Crippen molar-refractivity contribution in [3.8, 4) is 0 Å². The number of fused-ring (bicyclic) bond motifs is 1. The van der Waals surface area contributed by atoms with Crippen LogP contribution in [0.4, 0.5) is 0 Å². The fraction of sp³-hybridized carbons (Fsp3) is 0.0455. The maximum atomic E-state index is 12.4. The summed E-state index contributed by atoms with van der Waals surface area (Å²) >= 11 is 1.32. The van der Waals surface area contributed by atoms with E-state index in [4.69, 9.17) is 0 Å². The number of benzene rings is 2. The molecule has 0 unspecified atom stereocenters. The third-order valence-corrected chi connectivity index (χ3v) is 5.67. The predicted octanol–water partition coefficient (Wildman–Crippen LogP) is 5.04. The smallest absolute Gasteiger partial charge is 0.267 e. The van der Waals surface area contributed by atoms with E-state index in [0.717, 1.165) is 25.8 Å². The van der Waals surface area contributed by atoms with Gasteiger partial charge in [0.2, 0.25) is 0 Å². The van der Waals surface area contributed by atoms with Crippen LogP contribution in [-0.4, -0.2) is 32.8 Å². The molecule has 0 spiro atoms. The minimum absolute atomic E-state index is 0.348. The highest BCUT2D eigenvalue weighted by Crippen LogP contribution is 2.34. The molecule has 0 N–H and O–H groups in total. The van der Waals surface area contributed by atoms with Gasteiger partial charge in [-0.15, -0.1) is 19.7 Å². The Hall–Kier alpha value is -4.18. The molecule has 10 heteroatoms. The lowest BCUT2D eigenvalue weighted by molar-refractivity contribution is 0.0793. The minimum atomic E-state index is -0.509. The number of nitrogens with zero attached hydrogens (tertiary/aromatic N) is 6. The van der Waals surface area contributed by atoms with Gasteiger partial charge in [0.15, 0.2) is 0 Å². The van der Waals surface area contributed by atoms with Gasteiger partial charge in [0, 0.05) is 28.4 Å². The summed E-state index contributed by atoms with van der Waals surface area (Å²) in [7, 11) is 1.30. The molecule has 32 heavy (non-hydrogen) atoms. The Morgan fingerprint density at radius 2 is 1.88 bits per heavy atom. The van der Waals surface area contributed by atoms with E-state index in [1.165, 1.54) is 18.8 Å². The third kappa shape index (κ3) is 4.30. The number of aromatic nitrogens is 3. The summed E-state index contributed by atoms with van der Waals surface area (Å²) in [5.41, 5.74) is 2.22. The van der Waals surface area contributed by atoms with E-state index in [1.807, 2.05) is 30.3 Å². The van der Waals surface area contributed by atoms with Crippen LogP contribution in [0.5, 0.6) is 0 Å². The molecule has 0 saturated heterocycles. The number of amides is 1. The molecule has 2 aromatic heterocycles. The van der Waals surface area contributed by atoms with E-state index in [9.17, 15) is 14.6 Å². The molecule has 0 saturated carbocycles. The van der Waals surface area contributed by atoms with Crippen molar-refractivity contribution in [2.75, 3.05) is 7.05 Å². The molecule has 0 radical (unpaired) electrons. The topological polar surface area (TPSA) is 110 Å². The van der Waals surface area contributed by atoms with Crippen LogP contribution >= 0.6 is 11.8 Å². The number of carbonyl (C=O) groups excluding carboxylic acids is 1. The second kappa shape index (κ2) is 9.31. The molecule has 0 fully saturated rings. The molecule has 158 valence electrons. The first-order valence-electron chi connectivity index (χ1n) is 9.44. The van der Waals surface area contributed by atoms with E-state index in [1.54, 1.807) is 48.7 Å². The first-order valence-corrected chi connectivity index (χ1v) is 10.3. The Kier molecular flexibility index (Phi) is 6.13. The highest BCUT2D eigenvalue weighted by molar-refractivity contribution is 7.99. The monoisotopic (exact) mass is 444 g/mol. The molecular formula is C22H16N6O3S. The van der Waals surface area contributed by atoms with Gasteiger partial charge in [-0.25, -0.2) is 0 Å². The fourth-order valence-electron chi connectivity index (χ4n) is 3.06. The third-order valence-electron chi connectivity index (χ3n) is 4.60. The fourth-order valence-corrected chi connectivity index (χ4v) is 4.03. The van der Waals surface area contributed by atoms with E-state index in [0.29, 0.717) is 21.7 Å². The summed E-state index contributed by atoms with van der Waals surface area (Å²) in [5.74, 6) is -0.509. The maximum Gasteiger partial charge on any atom is 0.277 e. The maximum absolute atomic E-state index is 12.4. The van der Waals surface area contributed by atoms with Crippen LogP contribution in [0.15, 0.2) is 87.2 Å². The Bertz CT molecular complexity index is 1340. The van der Waals surface area contributed by atoms with Crippen molar-refractivity contribution in [3.05, 3.63) is 93.6 Å². The van der Waals surface area contributed by atoms with Crippen molar-refractivity contribution in [2.45, 2.75) is 9.79 Å². The number of hydrogen-bond acceptors (Lipinski definition) is 8. The summed E-state index contributed by atoms with van der Waals surface area (Å²) in [6.07, 6.45) is 5.27. The van der Waals surface area contributed by atoms with Crippen LogP contribution in [-0.2, 0) is 0 Å². The molecule has 0 aliphatic rings. The lowest BCUT2D eigenvalue weighted by Crippen LogP contribution is -2.20. The largest absolute Gasteiger partial charge is 0.277 e. The van der Waals surface area contributed by atoms with Gasteiger partial charge in [0.25, 0.3) is 5.91 Å². The second-order valence-corrected chi connectivity index (χ2v) is 7.75. The van der Waals surface area contributed by atoms with Gasteiger partial charge >= 0.3 is 0 Å². The number of rotatable bonds is 7. The van der Waals surface area contributed by atoms with Crippen molar-refractivity contribution in [3.63, 3.8) is 0 Å². The summed E-state index contributed by atoms with van der Waals surface area (Å²) < 4.78 is 0. The van der Waals surface area contributed by atoms with Crippen LogP contribution in [0.2, 0.25) is 0 Å². The number of carbonyl (C=O) groups is 1. The zero-order valence-electron chi connectivity index (χ0n) is 16.8. The molecule has 4 aromatic rings. The van der Waals surface area contributed by atoms with Crippen molar-refractivity contribution < 1.29 is 4.79 Å². The Balaban J connectivity index is 1.68. The molecule has 1 amide bonds. The van der Waals surface area contributed by atoms with Gasteiger partial charge < -0.3 is 0 Å². The van der Waals surface area contributed by atoms with Gasteiger partial charge in [-0.3, -0.25) is 9.78 Å². The van der Waals surface area contributed by atoms with Gasteiger partial charge in [-0.2, -0.15) is 5.01 Å². The summed E-state index contributed by atoms with van der Waals surface area (Å²) in [4.78, 5) is 41.2. The molecule has 4 rings (SSSR count). The lowest BCUT2D eigenvalue weighted by Gasteiger charge is -2.11. The molecule has 2 aromatic carbocycles. The Morgan fingerprint density at radius 1 is 1.06 bits per heavy atom. The molecule has 0 atom stereocenters. The molecule has 9 nitrogen and oxygen atoms in total. The summed E-state index contributed by atoms with van der Waals surface area (Å²) in [6.45, 7) is 0. The van der Waals surface area contributed by atoms with E-state index >= 15 is 0 Å². The first-order chi connectivity index (χ1) is 15.6. The number of hydrogen-bond donors (Lipinski definition) is 0. The van der Waals surface area contributed by atoms with Gasteiger partial charge in [-0.05, 0) is 54.6 Å². The first kappa shape index (κ1) is 21.1. The van der Waals surface area contributed by atoms with Gasteiger partial charge in [0.1, 0.15) is 0 Å². The van der Waals surface area contributed by atoms with E-state index in [2.05, 4.69) is 20.7 Å². The summed E-state index contributed by atoms with van der Waals surface area (Å²) in [5, 5.41) is 11.4. The standard InChI is InChI=1S/C22H16N6O3S/c1-27(25-30)22(29)18-7-2-3-8-21(18)32-16-10-11-17-19(24-28(26-31)20(17)14-16)12-9-15-6-4-5-13-23-15/h2-14H,1H3/b12-9+. The Morgan fingerprint density at radius 3 is 2.62 bits per heavy atom. The summed E-state index contributed by atoms with van der Waals surface area (Å²) in [6, 6.07) is 18.0. The average Bonchev–Trinajstić information content (AvgIpc) is 3.19. The second-order valence-electron chi connectivity index (χ2n) is 6.63. The van der Waals surface area contributed by atoms with Crippen molar-refractivity contribution in [1.82, 2.24) is 19.9 Å².